The van der Waals surface area contributed by atoms with Gasteiger partial charge in [-0.15, -0.1) is 0 Å². The highest BCUT2D eigenvalue weighted by atomic mass is 79.9. The van der Waals surface area contributed by atoms with Gasteiger partial charge in [-0.1, -0.05) is 41.9 Å². The summed E-state index contributed by atoms with van der Waals surface area (Å²) in [4.78, 5) is 11.6. The maximum atomic E-state index is 11.6. The summed E-state index contributed by atoms with van der Waals surface area (Å²) in [5.74, 6) is 0.446. The van der Waals surface area contributed by atoms with Crippen molar-refractivity contribution in [1.82, 2.24) is 0 Å². The summed E-state index contributed by atoms with van der Waals surface area (Å²) in [6.45, 7) is 3.47. The Hall–Kier alpha value is -0.670. The molecule has 1 radical (unpaired) electrons. The van der Waals surface area contributed by atoms with Gasteiger partial charge in [-0.05, 0) is 12.1 Å². The first-order chi connectivity index (χ1) is 6.52. The highest BCUT2D eigenvalue weighted by molar-refractivity contribution is 9.10. The first kappa shape index (κ1) is 11.4. The smallest absolute Gasteiger partial charge is 0.191 e. The minimum absolute atomic E-state index is 0.258. The van der Waals surface area contributed by atoms with E-state index in [1.54, 1.807) is 32.0 Å². The Morgan fingerprint density at radius 1 is 1.43 bits per heavy atom. The van der Waals surface area contributed by atoms with Crippen molar-refractivity contribution in [2.45, 2.75) is 20.0 Å². The van der Waals surface area contributed by atoms with Gasteiger partial charge in [0.25, 0.3) is 0 Å². The van der Waals surface area contributed by atoms with Crippen LogP contribution in [0.25, 0.3) is 0 Å². The molecule has 0 heterocycles. The van der Waals surface area contributed by atoms with E-state index in [2.05, 4.69) is 15.9 Å². The van der Waals surface area contributed by atoms with Crippen LogP contribution < -0.4 is 0 Å². The zero-order valence-corrected chi connectivity index (χ0v) is 9.71. The van der Waals surface area contributed by atoms with Crippen LogP contribution in [-0.4, -0.2) is 17.0 Å². The lowest BCUT2D eigenvalue weighted by molar-refractivity contribution is 0.0774. The third-order valence-corrected chi connectivity index (χ3v) is 2.40. The number of aliphatic hydroxyl groups is 1. The molecule has 1 atom stereocenters. The average molecular weight is 256 g/mol. The van der Waals surface area contributed by atoms with E-state index >= 15 is 0 Å². The first-order valence-electron chi connectivity index (χ1n) is 4.30. The van der Waals surface area contributed by atoms with Gasteiger partial charge < -0.3 is 5.11 Å². The van der Waals surface area contributed by atoms with Crippen molar-refractivity contribution in [1.29, 1.82) is 0 Å². The van der Waals surface area contributed by atoms with Crippen LogP contribution in [0.3, 0.4) is 0 Å². The molecule has 1 aromatic rings. The Balaban J connectivity index is 2.89. The summed E-state index contributed by atoms with van der Waals surface area (Å²) in [7, 11) is 0. The number of halogens is 1. The van der Waals surface area contributed by atoms with Gasteiger partial charge in [-0.3, -0.25) is 4.79 Å². The minimum Gasteiger partial charge on any atom is -0.384 e. The van der Waals surface area contributed by atoms with Crippen LogP contribution in [0.2, 0.25) is 0 Å². The molecule has 0 fully saturated rings. The number of benzene rings is 1. The molecule has 1 aromatic carbocycles. The molecule has 0 spiro atoms. The summed E-state index contributed by atoms with van der Waals surface area (Å²) in [6, 6.07) is 7.01. The lowest BCUT2D eigenvalue weighted by atomic mass is 9.98. The van der Waals surface area contributed by atoms with Crippen LogP contribution in [-0.2, 0) is 0 Å². The van der Waals surface area contributed by atoms with Crippen molar-refractivity contribution in [2.75, 3.05) is 0 Å². The molecule has 75 valence electrons. The Labute approximate surface area is 92.1 Å². The molecule has 0 aliphatic rings. The molecular formula is C11H12BrO2. The highest BCUT2D eigenvalue weighted by Gasteiger charge is 2.20. The first-order valence-corrected chi connectivity index (χ1v) is 5.09. The van der Waals surface area contributed by atoms with E-state index in [1.165, 1.54) is 0 Å². The second-order valence-corrected chi connectivity index (χ2v) is 4.27. The number of aliphatic hydroxyl groups excluding tert-OH is 1. The van der Waals surface area contributed by atoms with Crippen LogP contribution in [0.4, 0.5) is 0 Å². The number of ketones is 1. The quantitative estimate of drug-likeness (QED) is 0.844. The van der Waals surface area contributed by atoms with Crippen LogP contribution >= 0.6 is 15.9 Å². The summed E-state index contributed by atoms with van der Waals surface area (Å²) < 4.78 is 0.837. The average Bonchev–Trinajstić information content (AvgIpc) is 2.15. The summed E-state index contributed by atoms with van der Waals surface area (Å²) in [5, 5.41) is 9.54. The van der Waals surface area contributed by atoms with Gasteiger partial charge in [-0.2, -0.15) is 0 Å². The Morgan fingerprint density at radius 2 is 2.07 bits per heavy atom. The van der Waals surface area contributed by atoms with E-state index in [0.717, 1.165) is 4.47 Å². The molecule has 0 bridgehead atoms. The fourth-order valence-electron chi connectivity index (χ4n) is 1.06. The topological polar surface area (TPSA) is 37.3 Å². The fraction of sp³-hybridized carbons (Fsp3) is 0.273. The lowest BCUT2D eigenvalue weighted by Crippen LogP contribution is -2.24. The van der Waals surface area contributed by atoms with Crippen molar-refractivity contribution < 1.29 is 9.90 Å². The van der Waals surface area contributed by atoms with Crippen molar-refractivity contribution in [3.63, 3.8) is 0 Å². The molecule has 0 aliphatic heterocycles. The molecule has 0 aliphatic carbocycles. The second-order valence-electron chi connectivity index (χ2n) is 3.35. The van der Waals surface area contributed by atoms with Gasteiger partial charge in [0.2, 0.25) is 0 Å². The van der Waals surface area contributed by atoms with Gasteiger partial charge >= 0.3 is 0 Å². The van der Waals surface area contributed by atoms with Gasteiger partial charge in [0.05, 0.1) is 0 Å². The molecule has 0 aromatic heterocycles. The van der Waals surface area contributed by atoms with Crippen LogP contribution in [0.1, 0.15) is 24.2 Å². The Morgan fingerprint density at radius 3 is 2.57 bits per heavy atom. The number of rotatable bonds is 3. The van der Waals surface area contributed by atoms with E-state index in [1.807, 2.05) is 6.07 Å². The van der Waals surface area contributed by atoms with Crippen molar-refractivity contribution in [3.05, 3.63) is 40.2 Å². The summed E-state index contributed by atoms with van der Waals surface area (Å²) >= 11 is 3.28. The maximum Gasteiger partial charge on any atom is 0.191 e. The molecule has 3 heteroatoms. The van der Waals surface area contributed by atoms with Gasteiger partial charge in [-0.25, -0.2) is 0 Å². The number of Topliss-reactive ketones (excluding diaryl/α,β-unsaturated/α-hetero) is 1. The zero-order valence-electron chi connectivity index (χ0n) is 8.12. The molecule has 0 amide bonds. The number of carbonyl (C=O) groups is 1. The predicted octanol–water partition coefficient (Wildman–Crippen LogP) is 2.61. The number of carbonyl (C=O) groups excluding carboxylic acids is 1. The van der Waals surface area contributed by atoms with Gasteiger partial charge in [0.1, 0.15) is 6.10 Å². The molecule has 0 saturated heterocycles. The minimum atomic E-state index is -0.996. The van der Waals surface area contributed by atoms with Crippen molar-refractivity contribution in [3.8, 4) is 0 Å². The second kappa shape index (κ2) is 4.71. The molecule has 0 saturated carbocycles. The monoisotopic (exact) mass is 255 g/mol. The largest absolute Gasteiger partial charge is 0.384 e. The molecule has 1 rings (SSSR count). The van der Waals surface area contributed by atoms with E-state index in [4.69, 9.17) is 0 Å². The molecule has 14 heavy (non-hydrogen) atoms. The maximum absolute atomic E-state index is 11.6. The normalized spacial score (nSPS) is 12.9. The molecule has 2 nitrogen and oxygen atoms in total. The summed E-state index contributed by atoms with van der Waals surface area (Å²) in [6.07, 6.45) is -0.996. The fourth-order valence-corrected chi connectivity index (χ4v) is 1.46. The van der Waals surface area contributed by atoms with Gasteiger partial charge in [0.15, 0.2) is 5.78 Å². The van der Waals surface area contributed by atoms with Gasteiger partial charge in [0, 0.05) is 16.0 Å². The molecular weight excluding hydrogens is 244 g/mol. The Kier molecular flexibility index (Phi) is 3.84. The Bertz CT molecular complexity index is 334. The summed E-state index contributed by atoms with van der Waals surface area (Å²) in [5.41, 5.74) is 0.521. The number of hydrogen-bond acceptors (Lipinski definition) is 2. The molecule has 1 N–H and O–H groups in total. The number of hydrogen-bond donors (Lipinski definition) is 1. The van der Waals surface area contributed by atoms with Crippen molar-refractivity contribution in [2.24, 2.45) is 0 Å². The third-order valence-electron chi connectivity index (χ3n) is 1.90. The van der Waals surface area contributed by atoms with Crippen LogP contribution in [0.15, 0.2) is 28.7 Å². The SMILES string of the molecule is C[C](C)C(O)C(=O)c1cccc(Br)c1. The van der Waals surface area contributed by atoms with E-state index < -0.39 is 6.10 Å². The van der Waals surface area contributed by atoms with E-state index in [0.29, 0.717) is 11.5 Å². The standard InChI is InChI=1S/C11H12BrO2/c1-7(2)10(13)11(14)8-4-3-5-9(12)6-8/h3-6,10,13H,1-2H3. The highest BCUT2D eigenvalue weighted by Crippen LogP contribution is 2.16. The third kappa shape index (κ3) is 2.66. The lowest BCUT2D eigenvalue weighted by Gasteiger charge is -2.12. The van der Waals surface area contributed by atoms with E-state index in [-0.39, 0.29) is 5.78 Å². The van der Waals surface area contributed by atoms with E-state index in [9.17, 15) is 9.90 Å². The predicted molar refractivity (Wildman–Crippen MR) is 59.1 cm³/mol. The van der Waals surface area contributed by atoms with Crippen molar-refractivity contribution >= 4 is 21.7 Å². The zero-order chi connectivity index (χ0) is 10.7. The van der Waals surface area contributed by atoms with Crippen LogP contribution in [0, 0.1) is 5.92 Å². The molecule has 1 unspecified atom stereocenters. The van der Waals surface area contributed by atoms with Crippen LogP contribution in [0.5, 0.6) is 0 Å².